The molecule has 6 heteroatoms. The first-order valence-corrected chi connectivity index (χ1v) is 14.8. The fourth-order valence-electron chi connectivity index (χ4n) is 7.17. The highest BCUT2D eigenvalue weighted by atomic mass is 16.5. The molecule has 1 fully saturated rings. The smallest absolute Gasteiger partial charge is 0.180 e. The average molecular weight is 537 g/mol. The summed E-state index contributed by atoms with van der Waals surface area (Å²) in [5.41, 5.74) is 2.27. The second-order valence-electron chi connectivity index (χ2n) is 11.6. The third-order valence-electron chi connectivity index (χ3n) is 9.81. The standard InChI is InChI=1S/C34H36N2O4/c1-5-33(6-2)35-29-21(17-15-19-11-9-13-23(39-33)25(19)29)27-31(37)28(32(27)38)22-18-16-20-12-10-14-24-26(20)30(22)36-34(7-3,8-4)40-24/h9-18,27-28,31-32,35-36H,5-8H2,1-4H3/q-2. The number of benzene rings is 4. The SMILES string of the molecule is CCC1(CC)Nc2c(C3C([O-])C(c4ccc5cccc6c5c4NC(CC)(CC)O6)C3[O-])ccc3cccc(c23)O1. The summed E-state index contributed by atoms with van der Waals surface area (Å²) >= 11 is 0. The van der Waals surface area contributed by atoms with Crippen LogP contribution >= 0.6 is 0 Å². The molecule has 7 rings (SSSR count). The summed E-state index contributed by atoms with van der Waals surface area (Å²) in [6.07, 6.45) is 0.916. The van der Waals surface area contributed by atoms with Crippen molar-refractivity contribution < 1.29 is 19.7 Å². The van der Waals surface area contributed by atoms with E-state index in [0.29, 0.717) is 0 Å². The summed E-state index contributed by atoms with van der Waals surface area (Å²) in [5, 5.41) is 39.6. The molecule has 208 valence electrons. The van der Waals surface area contributed by atoms with E-state index in [1.807, 2.05) is 60.7 Å². The van der Waals surface area contributed by atoms with Gasteiger partial charge in [0.2, 0.25) is 0 Å². The van der Waals surface area contributed by atoms with Crippen LogP contribution in [0.5, 0.6) is 11.5 Å². The van der Waals surface area contributed by atoms with E-state index < -0.39 is 35.5 Å². The van der Waals surface area contributed by atoms with Gasteiger partial charge in [0.15, 0.2) is 11.4 Å². The number of hydrogen-bond donors (Lipinski definition) is 2. The maximum Gasteiger partial charge on any atom is 0.180 e. The normalized spacial score (nSPS) is 25.4. The van der Waals surface area contributed by atoms with Gasteiger partial charge in [0, 0.05) is 36.5 Å². The van der Waals surface area contributed by atoms with Crippen LogP contribution in [0.1, 0.15) is 76.3 Å². The Hall–Kier alpha value is -3.48. The Labute approximate surface area is 235 Å². The van der Waals surface area contributed by atoms with E-state index in [0.717, 1.165) is 81.2 Å². The Morgan fingerprint density at radius 3 is 1.38 bits per heavy atom. The number of hydrogen-bond acceptors (Lipinski definition) is 6. The molecule has 4 aromatic rings. The molecule has 4 aromatic carbocycles. The van der Waals surface area contributed by atoms with E-state index in [9.17, 15) is 10.2 Å². The molecule has 0 amide bonds. The Balaban J connectivity index is 1.32. The van der Waals surface area contributed by atoms with E-state index in [1.54, 1.807) is 0 Å². The predicted molar refractivity (Wildman–Crippen MR) is 156 cm³/mol. The van der Waals surface area contributed by atoms with Gasteiger partial charge in [-0.25, -0.2) is 0 Å². The van der Waals surface area contributed by atoms with Gasteiger partial charge in [-0.05, 0) is 45.9 Å². The van der Waals surface area contributed by atoms with Crippen molar-refractivity contribution in [3.63, 3.8) is 0 Å². The lowest BCUT2D eigenvalue weighted by Gasteiger charge is -2.62. The Morgan fingerprint density at radius 2 is 1.00 bits per heavy atom. The van der Waals surface area contributed by atoms with Crippen LogP contribution in [0.2, 0.25) is 0 Å². The molecule has 3 aliphatic rings. The molecule has 0 atom stereocenters. The fourth-order valence-corrected chi connectivity index (χ4v) is 7.17. The molecule has 0 bridgehead atoms. The summed E-state index contributed by atoms with van der Waals surface area (Å²) in [5.74, 6) is 0.330. The van der Waals surface area contributed by atoms with Crippen LogP contribution in [-0.4, -0.2) is 23.7 Å². The van der Waals surface area contributed by atoms with Crippen molar-refractivity contribution in [2.24, 2.45) is 0 Å². The first-order valence-electron chi connectivity index (χ1n) is 14.8. The van der Waals surface area contributed by atoms with Gasteiger partial charge in [0.05, 0.1) is 11.4 Å². The fraction of sp³-hybridized carbons (Fsp3) is 0.412. The maximum atomic E-state index is 14.2. The molecule has 1 aliphatic carbocycles. The molecule has 0 radical (unpaired) electrons. The summed E-state index contributed by atoms with van der Waals surface area (Å²) in [6, 6.07) is 20.1. The van der Waals surface area contributed by atoms with Crippen LogP contribution in [0.25, 0.3) is 21.5 Å². The zero-order valence-corrected chi connectivity index (χ0v) is 23.5. The van der Waals surface area contributed by atoms with Gasteiger partial charge in [0.25, 0.3) is 0 Å². The maximum absolute atomic E-state index is 14.2. The van der Waals surface area contributed by atoms with E-state index in [-0.39, 0.29) is 0 Å². The zero-order chi connectivity index (χ0) is 27.8. The number of ether oxygens (including phenoxy) is 2. The average Bonchev–Trinajstić information content (AvgIpc) is 2.99. The van der Waals surface area contributed by atoms with Crippen molar-refractivity contribution in [3.05, 3.63) is 71.8 Å². The van der Waals surface area contributed by atoms with Crippen LogP contribution in [-0.2, 0) is 0 Å². The van der Waals surface area contributed by atoms with Gasteiger partial charge in [-0.1, -0.05) is 76.2 Å². The zero-order valence-electron chi connectivity index (χ0n) is 23.5. The molecule has 2 N–H and O–H groups in total. The van der Waals surface area contributed by atoms with Gasteiger partial charge in [-0.15, -0.1) is 12.2 Å². The Bertz CT molecular complexity index is 1490. The second-order valence-corrected chi connectivity index (χ2v) is 11.6. The number of nitrogens with one attached hydrogen (secondary N) is 2. The highest BCUT2D eigenvalue weighted by Crippen LogP contribution is 2.55. The molecule has 2 aliphatic heterocycles. The van der Waals surface area contributed by atoms with E-state index in [1.165, 1.54) is 0 Å². The first kappa shape index (κ1) is 25.5. The van der Waals surface area contributed by atoms with Crippen LogP contribution in [0, 0.1) is 0 Å². The van der Waals surface area contributed by atoms with Crippen LogP contribution in [0.3, 0.4) is 0 Å². The lowest BCUT2D eigenvalue weighted by atomic mass is 9.62. The third-order valence-corrected chi connectivity index (χ3v) is 9.81. The monoisotopic (exact) mass is 536 g/mol. The summed E-state index contributed by atoms with van der Waals surface area (Å²) < 4.78 is 12.9. The van der Waals surface area contributed by atoms with Crippen molar-refractivity contribution in [1.29, 1.82) is 0 Å². The van der Waals surface area contributed by atoms with Crippen molar-refractivity contribution >= 4 is 32.9 Å². The van der Waals surface area contributed by atoms with Crippen LogP contribution in [0.15, 0.2) is 60.7 Å². The molecule has 2 heterocycles. The van der Waals surface area contributed by atoms with E-state index in [2.05, 4.69) is 38.3 Å². The van der Waals surface area contributed by atoms with Gasteiger partial charge in [-0.2, -0.15) is 0 Å². The van der Waals surface area contributed by atoms with Crippen LogP contribution < -0.4 is 30.3 Å². The molecule has 40 heavy (non-hydrogen) atoms. The summed E-state index contributed by atoms with van der Waals surface area (Å²) in [6.45, 7) is 8.39. The van der Waals surface area contributed by atoms with Gasteiger partial charge in [0.1, 0.15) is 11.5 Å². The number of anilines is 2. The third kappa shape index (κ3) is 3.42. The van der Waals surface area contributed by atoms with Crippen LogP contribution in [0.4, 0.5) is 11.4 Å². The minimum atomic E-state index is -1.06. The number of rotatable bonds is 6. The topological polar surface area (TPSA) is 88.6 Å². The molecule has 0 saturated heterocycles. The largest absolute Gasteiger partial charge is 0.851 e. The van der Waals surface area contributed by atoms with Crippen molar-refractivity contribution in [3.8, 4) is 11.5 Å². The van der Waals surface area contributed by atoms with Gasteiger partial charge >= 0.3 is 0 Å². The second kappa shape index (κ2) is 9.02. The minimum Gasteiger partial charge on any atom is -0.851 e. The molecule has 1 saturated carbocycles. The van der Waals surface area contributed by atoms with Gasteiger partial charge in [-0.3, -0.25) is 0 Å². The molecule has 6 nitrogen and oxygen atoms in total. The van der Waals surface area contributed by atoms with E-state index >= 15 is 0 Å². The highest BCUT2D eigenvalue weighted by molar-refractivity contribution is 6.03. The highest BCUT2D eigenvalue weighted by Gasteiger charge is 2.44. The Morgan fingerprint density at radius 1 is 0.600 bits per heavy atom. The Kier molecular flexibility index (Phi) is 5.74. The lowest BCUT2D eigenvalue weighted by Crippen LogP contribution is -2.64. The van der Waals surface area contributed by atoms with Crippen molar-refractivity contribution in [2.45, 2.75) is 88.9 Å². The van der Waals surface area contributed by atoms with Crippen molar-refractivity contribution in [1.82, 2.24) is 0 Å². The lowest BCUT2D eigenvalue weighted by molar-refractivity contribution is -0.535. The summed E-state index contributed by atoms with van der Waals surface area (Å²) in [4.78, 5) is 0. The minimum absolute atomic E-state index is 0.566. The predicted octanol–water partition coefficient (Wildman–Crippen LogP) is 5.97. The molecule has 0 unspecified atom stereocenters. The molecular formula is C34H36N2O4-2. The first-order chi connectivity index (χ1) is 19.4. The summed E-state index contributed by atoms with van der Waals surface area (Å²) in [7, 11) is 0. The quantitative estimate of drug-likeness (QED) is 0.316. The molecule has 0 spiro atoms. The van der Waals surface area contributed by atoms with Gasteiger partial charge < -0.3 is 30.3 Å². The van der Waals surface area contributed by atoms with Crippen molar-refractivity contribution in [2.75, 3.05) is 10.6 Å². The molecule has 0 aromatic heterocycles. The molecular weight excluding hydrogens is 500 g/mol. The van der Waals surface area contributed by atoms with E-state index in [4.69, 9.17) is 9.47 Å².